The normalized spacial score (nSPS) is 16.5. The maximum Gasteiger partial charge on any atom is 0.318 e. The van der Waals surface area contributed by atoms with Crippen molar-refractivity contribution < 1.29 is 14.7 Å². The van der Waals surface area contributed by atoms with Crippen molar-refractivity contribution in [2.24, 2.45) is 11.3 Å². The summed E-state index contributed by atoms with van der Waals surface area (Å²) in [5.41, 5.74) is -1.30. The van der Waals surface area contributed by atoms with Crippen LogP contribution in [0.4, 0.5) is 0 Å². The Kier molecular flexibility index (Phi) is 2.83. The van der Waals surface area contributed by atoms with E-state index < -0.39 is 11.4 Å². The van der Waals surface area contributed by atoms with Gasteiger partial charge in [0.1, 0.15) is 5.41 Å². The van der Waals surface area contributed by atoms with Gasteiger partial charge in [-0.15, -0.1) is 0 Å². The molecule has 1 N–H and O–H groups in total. The van der Waals surface area contributed by atoms with Crippen LogP contribution in [-0.2, 0) is 9.59 Å². The van der Waals surface area contributed by atoms with Gasteiger partial charge in [0.15, 0.2) is 0 Å². The molecule has 0 aromatic rings. The number of amides is 1. The molecular formula is C10H17NO3. The van der Waals surface area contributed by atoms with E-state index in [1.54, 1.807) is 7.05 Å². The van der Waals surface area contributed by atoms with Gasteiger partial charge in [-0.2, -0.15) is 0 Å². The highest BCUT2D eigenvalue weighted by molar-refractivity contribution is 6.00. The van der Waals surface area contributed by atoms with Gasteiger partial charge in [-0.1, -0.05) is 0 Å². The molecule has 0 aromatic carbocycles. The third-order valence-corrected chi connectivity index (χ3v) is 2.65. The fourth-order valence-corrected chi connectivity index (χ4v) is 1.34. The van der Waals surface area contributed by atoms with Crippen molar-refractivity contribution in [2.75, 3.05) is 13.6 Å². The summed E-state index contributed by atoms with van der Waals surface area (Å²) in [5, 5.41) is 8.86. The summed E-state index contributed by atoms with van der Waals surface area (Å²) in [6.07, 6.45) is 2.32. The van der Waals surface area contributed by atoms with E-state index in [1.807, 2.05) is 0 Å². The zero-order chi connectivity index (χ0) is 10.9. The Morgan fingerprint density at radius 1 is 1.43 bits per heavy atom. The molecule has 0 radical (unpaired) electrons. The average Bonchev–Trinajstić information content (AvgIpc) is 2.86. The molecule has 0 saturated heterocycles. The lowest BCUT2D eigenvalue weighted by atomic mass is 9.92. The standard InChI is InChI=1S/C10H17NO3/c1-10(2,9(13)14)8(12)11(3)6-7-4-5-7/h7H,4-6H2,1-3H3,(H,13,14). The first-order chi connectivity index (χ1) is 6.35. The lowest BCUT2D eigenvalue weighted by Gasteiger charge is -2.25. The second-order valence-corrected chi connectivity index (χ2v) is 4.56. The molecule has 4 nitrogen and oxygen atoms in total. The molecule has 1 aliphatic carbocycles. The van der Waals surface area contributed by atoms with E-state index in [4.69, 9.17) is 5.11 Å². The molecule has 0 aromatic heterocycles. The second-order valence-electron chi connectivity index (χ2n) is 4.56. The molecule has 0 unspecified atom stereocenters. The smallest absolute Gasteiger partial charge is 0.318 e. The number of aliphatic carboxylic acids is 1. The maximum absolute atomic E-state index is 11.7. The van der Waals surface area contributed by atoms with Crippen molar-refractivity contribution in [3.63, 3.8) is 0 Å². The van der Waals surface area contributed by atoms with Crippen LogP contribution in [0.15, 0.2) is 0 Å². The minimum absolute atomic E-state index is 0.308. The Balaban J connectivity index is 2.57. The summed E-state index contributed by atoms with van der Waals surface area (Å²) in [4.78, 5) is 24.1. The molecule has 1 aliphatic rings. The second kappa shape index (κ2) is 3.59. The van der Waals surface area contributed by atoms with Crippen molar-refractivity contribution in [3.05, 3.63) is 0 Å². The highest BCUT2D eigenvalue weighted by Crippen LogP contribution is 2.30. The van der Waals surface area contributed by atoms with Gasteiger partial charge < -0.3 is 10.0 Å². The Hall–Kier alpha value is -1.06. The van der Waals surface area contributed by atoms with E-state index in [9.17, 15) is 9.59 Å². The molecule has 0 heterocycles. The monoisotopic (exact) mass is 199 g/mol. The van der Waals surface area contributed by atoms with Gasteiger partial charge in [-0.25, -0.2) is 0 Å². The molecular weight excluding hydrogens is 182 g/mol. The van der Waals surface area contributed by atoms with E-state index >= 15 is 0 Å². The number of nitrogens with zero attached hydrogens (tertiary/aromatic N) is 1. The number of carbonyl (C=O) groups excluding carboxylic acids is 1. The van der Waals surface area contributed by atoms with Crippen molar-refractivity contribution in [3.8, 4) is 0 Å². The minimum atomic E-state index is -1.30. The number of carboxylic acids is 1. The summed E-state index contributed by atoms with van der Waals surface area (Å²) < 4.78 is 0. The van der Waals surface area contributed by atoms with Crippen molar-refractivity contribution >= 4 is 11.9 Å². The SMILES string of the molecule is CN(CC1CC1)C(=O)C(C)(C)C(=O)O. The third-order valence-electron chi connectivity index (χ3n) is 2.65. The molecule has 0 bridgehead atoms. The number of carboxylic acid groups (broad SMARTS) is 1. The predicted molar refractivity (Wildman–Crippen MR) is 51.8 cm³/mol. The molecule has 0 spiro atoms. The Bertz CT molecular complexity index is 256. The molecule has 1 fully saturated rings. The van der Waals surface area contributed by atoms with Crippen molar-refractivity contribution in [1.29, 1.82) is 0 Å². The zero-order valence-corrected chi connectivity index (χ0v) is 8.91. The first-order valence-electron chi connectivity index (χ1n) is 4.84. The van der Waals surface area contributed by atoms with Crippen LogP contribution in [-0.4, -0.2) is 35.5 Å². The first-order valence-corrected chi connectivity index (χ1v) is 4.84. The Morgan fingerprint density at radius 2 is 1.93 bits per heavy atom. The van der Waals surface area contributed by atoms with Crippen LogP contribution in [0.3, 0.4) is 0 Å². The Labute approximate surface area is 83.9 Å². The van der Waals surface area contributed by atoms with Crippen LogP contribution < -0.4 is 0 Å². The summed E-state index contributed by atoms with van der Waals surface area (Å²) in [7, 11) is 1.67. The van der Waals surface area contributed by atoms with Crippen molar-refractivity contribution in [2.45, 2.75) is 26.7 Å². The topological polar surface area (TPSA) is 57.6 Å². The van der Waals surface area contributed by atoms with Crippen LogP contribution in [0.25, 0.3) is 0 Å². The molecule has 0 aliphatic heterocycles. The largest absolute Gasteiger partial charge is 0.480 e. The zero-order valence-electron chi connectivity index (χ0n) is 8.91. The number of rotatable bonds is 4. The van der Waals surface area contributed by atoms with Gasteiger partial charge in [0.25, 0.3) is 0 Å². The van der Waals surface area contributed by atoms with Gasteiger partial charge in [0, 0.05) is 13.6 Å². The molecule has 0 atom stereocenters. The van der Waals surface area contributed by atoms with Crippen LogP contribution in [0.5, 0.6) is 0 Å². The van der Waals surface area contributed by atoms with Crippen LogP contribution >= 0.6 is 0 Å². The Morgan fingerprint density at radius 3 is 2.29 bits per heavy atom. The number of carbonyl (C=O) groups is 2. The molecule has 80 valence electrons. The molecule has 14 heavy (non-hydrogen) atoms. The van der Waals surface area contributed by atoms with E-state index in [-0.39, 0.29) is 5.91 Å². The van der Waals surface area contributed by atoms with Gasteiger partial charge in [0.05, 0.1) is 0 Å². The van der Waals surface area contributed by atoms with E-state index in [0.29, 0.717) is 12.5 Å². The lowest BCUT2D eigenvalue weighted by molar-refractivity contribution is -0.157. The third kappa shape index (κ3) is 2.25. The molecule has 1 rings (SSSR count). The molecule has 4 heteroatoms. The van der Waals surface area contributed by atoms with E-state index in [1.165, 1.54) is 18.7 Å². The van der Waals surface area contributed by atoms with Crippen LogP contribution in [0.2, 0.25) is 0 Å². The van der Waals surface area contributed by atoms with Crippen molar-refractivity contribution in [1.82, 2.24) is 4.90 Å². The highest BCUT2D eigenvalue weighted by atomic mass is 16.4. The fraction of sp³-hybridized carbons (Fsp3) is 0.800. The quantitative estimate of drug-likeness (QED) is 0.686. The highest BCUT2D eigenvalue weighted by Gasteiger charge is 2.39. The predicted octanol–water partition coefficient (Wildman–Crippen LogP) is 0.966. The fourth-order valence-electron chi connectivity index (χ4n) is 1.34. The average molecular weight is 199 g/mol. The summed E-state index contributed by atoms with van der Waals surface area (Å²) >= 11 is 0. The lowest BCUT2D eigenvalue weighted by Crippen LogP contribution is -2.44. The summed E-state index contributed by atoms with van der Waals surface area (Å²) in [6.45, 7) is 3.58. The van der Waals surface area contributed by atoms with Gasteiger partial charge in [-0.3, -0.25) is 9.59 Å². The van der Waals surface area contributed by atoms with Gasteiger partial charge in [0.2, 0.25) is 5.91 Å². The molecule has 1 saturated carbocycles. The van der Waals surface area contributed by atoms with Gasteiger partial charge in [-0.05, 0) is 32.6 Å². The minimum Gasteiger partial charge on any atom is -0.480 e. The van der Waals surface area contributed by atoms with Gasteiger partial charge >= 0.3 is 5.97 Å². The summed E-state index contributed by atoms with van der Waals surface area (Å²) in [5.74, 6) is -0.782. The molecule has 1 amide bonds. The maximum atomic E-state index is 11.7. The van der Waals surface area contributed by atoms with Crippen LogP contribution in [0.1, 0.15) is 26.7 Å². The van der Waals surface area contributed by atoms with E-state index in [0.717, 1.165) is 12.8 Å². The number of hydrogen-bond acceptors (Lipinski definition) is 2. The summed E-state index contributed by atoms with van der Waals surface area (Å²) in [6, 6.07) is 0. The van der Waals surface area contributed by atoms with E-state index in [2.05, 4.69) is 0 Å². The van der Waals surface area contributed by atoms with Crippen LogP contribution in [0, 0.1) is 11.3 Å². The first kappa shape index (κ1) is 11.0. The number of hydrogen-bond donors (Lipinski definition) is 1.